The van der Waals surface area contributed by atoms with Gasteiger partial charge in [-0.25, -0.2) is 4.79 Å². The topological polar surface area (TPSA) is 72.8 Å². The highest BCUT2D eigenvalue weighted by Crippen LogP contribution is 2.77. The zero-order valence-corrected chi connectivity index (χ0v) is 25.0. The van der Waals surface area contributed by atoms with E-state index in [0.717, 1.165) is 44.9 Å². The van der Waals surface area contributed by atoms with Crippen LogP contribution in [0.5, 0.6) is 0 Å². The highest BCUT2D eigenvalue weighted by molar-refractivity contribution is 5.81. The maximum absolute atomic E-state index is 13.8. The minimum absolute atomic E-state index is 0.0479. The van der Waals surface area contributed by atoms with Crippen molar-refractivity contribution in [2.75, 3.05) is 13.7 Å². The van der Waals surface area contributed by atoms with Crippen molar-refractivity contribution >= 4 is 11.9 Å². The van der Waals surface area contributed by atoms with E-state index in [1.54, 1.807) is 0 Å². The van der Waals surface area contributed by atoms with Crippen LogP contribution in [0, 0.1) is 56.7 Å². The Hall–Kier alpha value is -1.36. The largest absolute Gasteiger partial charge is 0.466 e. The Balaban J connectivity index is 1.51. The van der Waals surface area contributed by atoms with E-state index in [1.807, 2.05) is 0 Å². The summed E-state index contributed by atoms with van der Waals surface area (Å²) in [6.07, 6.45) is 10.2. The maximum Gasteiger partial charge on any atom is 0.344 e. The molecule has 5 saturated carbocycles. The van der Waals surface area contributed by atoms with Gasteiger partial charge >= 0.3 is 11.9 Å². The smallest absolute Gasteiger partial charge is 0.344 e. The number of allylic oxidation sites excluding steroid dienone is 1. The second kappa shape index (κ2) is 9.08. The van der Waals surface area contributed by atoms with E-state index in [2.05, 4.69) is 48.1 Å². The molecule has 0 saturated heterocycles. The summed E-state index contributed by atoms with van der Waals surface area (Å²) >= 11 is 0. The van der Waals surface area contributed by atoms with Crippen molar-refractivity contribution < 1.29 is 24.2 Å². The minimum Gasteiger partial charge on any atom is -0.466 e. The molecule has 5 aliphatic rings. The molecular formula is C33H52O5. The van der Waals surface area contributed by atoms with E-state index in [1.165, 1.54) is 31.9 Å². The standard InChI is InChI=1S/C33H52O5/c1-20(2)21-11-16-33(28(36)38-19-26(35)37-8)18-17-31(6)22(27(21)33)9-10-24-30(5)14-13-25(34)29(3,4)23(30)12-15-32(24,31)7/h21-25,27,34H,1,9-19H2,2-8H3/t21-,22+,23-,24+,25-,27+,30-,31+,32+,33?/m0/s1. The SMILES string of the molecule is C=C(C)[C@@H]1CCC2(C(=O)OCC(=O)OC)CC[C@]3(C)[C@H](CC[C@@H]4[C@@]5(C)CC[C@H](O)C(C)(C)[C@@H]5CC[C@]43C)[C@@H]12. The third kappa shape index (κ3) is 3.58. The Morgan fingerprint density at radius 1 is 0.868 bits per heavy atom. The number of methoxy groups -OCH3 is 1. The van der Waals surface area contributed by atoms with E-state index in [4.69, 9.17) is 9.47 Å². The Bertz CT molecular complexity index is 1000. The molecule has 1 unspecified atom stereocenters. The van der Waals surface area contributed by atoms with Gasteiger partial charge in [0.15, 0.2) is 6.61 Å². The van der Waals surface area contributed by atoms with Gasteiger partial charge in [0.2, 0.25) is 0 Å². The monoisotopic (exact) mass is 528 g/mol. The van der Waals surface area contributed by atoms with Gasteiger partial charge in [-0.2, -0.15) is 0 Å². The summed E-state index contributed by atoms with van der Waals surface area (Å²) in [4.78, 5) is 25.6. The van der Waals surface area contributed by atoms with Crippen molar-refractivity contribution in [2.45, 2.75) is 112 Å². The Morgan fingerprint density at radius 2 is 1.58 bits per heavy atom. The number of hydrogen-bond acceptors (Lipinski definition) is 5. The highest BCUT2D eigenvalue weighted by Gasteiger charge is 2.72. The van der Waals surface area contributed by atoms with Crippen molar-refractivity contribution in [1.82, 2.24) is 0 Å². The van der Waals surface area contributed by atoms with E-state index in [-0.39, 0.29) is 46.3 Å². The Labute approximate surface area is 230 Å². The van der Waals surface area contributed by atoms with Gasteiger partial charge in [0.05, 0.1) is 18.6 Å². The van der Waals surface area contributed by atoms with Crippen molar-refractivity contribution in [1.29, 1.82) is 0 Å². The zero-order chi connectivity index (χ0) is 27.9. The number of carbonyl (C=O) groups is 2. The van der Waals surface area contributed by atoms with Crippen LogP contribution in [0.4, 0.5) is 0 Å². The van der Waals surface area contributed by atoms with Gasteiger partial charge < -0.3 is 14.6 Å². The lowest BCUT2D eigenvalue weighted by Crippen LogP contribution is -2.67. The fourth-order valence-corrected chi connectivity index (χ4v) is 11.8. The van der Waals surface area contributed by atoms with E-state index >= 15 is 0 Å². The summed E-state index contributed by atoms with van der Waals surface area (Å²) in [6.45, 7) is 18.6. The van der Waals surface area contributed by atoms with E-state index in [9.17, 15) is 14.7 Å². The van der Waals surface area contributed by atoms with Gasteiger partial charge in [0.25, 0.3) is 0 Å². The number of fused-ring (bicyclic) bond motifs is 7. The molecular weight excluding hydrogens is 476 g/mol. The van der Waals surface area contributed by atoms with Crippen LogP contribution in [0.25, 0.3) is 0 Å². The third-order valence-electron chi connectivity index (χ3n) is 14.0. The average Bonchev–Trinajstić information content (AvgIpc) is 3.26. The predicted octanol–water partition coefficient (Wildman–Crippen LogP) is 6.72. The van der Waals surface area contributed by atoms with Gasteiger partial charge in [-0.1, -0.05) is 46.8 Å². The summed E-state index contributed by atoms with van der Waals surface area (Å²) in [5.41, 5.74) is 1.19. The van der Waals surface area contributed by atoms with Gasteiger partial charge in [-0.3, -0.25) is 4.79 Å². The van der Waals surface area contributed by atoms with Crippen LogP contribution in [0.2, 0.25) is 0 Å². The number of rotatable bonds is 4. The summed E-state index contributed by atoms with van der Waals surface area (Å²) in [7, 11) is 1.33. The van der Waals surface area contributed by atoms with Crippen LogP contribution in [-0.4, -0.2) is 36.9 Å². The third-order valence-corrected chi connectivity index (χ3v) is 14.0. The summed E-state index contributed by atoms with van der Waals surface area (Å²) < 4.78 is 10.4. The van der Waals surface area contributed by atoms with Crippen molar-refractivity contribution in [3.8, 4) is 0 Å². The van der Waals surface area contributed by atoms with Crippen LogP contribution in [0.3, 0.4) is 0 Å². The molecule has 1 N–H and O–H groups in total. The number of esters is 2. The van der Waals surface area contributed by atoms with Crippen molar-refractivity contribution in [3.63, 3.8) is 0 Å². The number of aliphatic hydroxyl groups excluding tert-OH is 1. The second-order valence-corrected chi connectivity index (χ2v) is 15.4. The molecule has 5 aliphatic carbocycles. The summed E-state index contributed by atoms with van der Waals surface area (Å²) in [5.74, 6) is 1.46. The molecule has 38 heavy (non-hydrogen) atoms. The van der Waals surface area contributed by atoms with E-state index < -0.39 is 11.4 Å². The molecule has 0 radical (unpaired) electrons. The first-order valence-corrected chi connectivity index (χ1v) is 15.3. The van der Waals surface area contributed by atoms with Crippen LogP contribution < -0.4 is 0 Å². The van der Waals surface area contributed by atoms with Crippen LogP contribution in [0.1, 0.15) is 106 Å². The van der Waals surface area contributed by atoms with Gasteiger partial charge in [-0.05, 0) is 122 Å². The van der Waals surface area contributed by atoms with Crippen molar-refractivity contribution in [3.05, 3.63) is 12.2 Å². The predicted molar refractivity (Wildman–Crippen MR) is 148 cm³/mol. The number of hydrogen-bond donors (Lipinski definition) is 1. The molecule has 10 atom stereocenters. The molecule has 0 amide bonds. The first-order valence-electron chi connectivity index (χ1n) is 15.3. The molecule has 0 spiro atoms. The molecule has 0 bridgehead atoms. The number of carbonyl (C=O) groups excluding carboxylic acids is 2. The first-order chi connectivity index (χ1) is 17.7. The molecule has 5 rings (SSSR count). The van der Waals surface area contributed by atoms with Crippen molar-refractivity contribution in [2.24, 2.45) is 56.7 Å². The zero-order valence-electron chi connectivity index (χ0n) is 25.0. The lowest BCUT2D eigenvalue weighted by Gasteiger charge is -2.72. The molecule has 214 valence electrons. The maximum atomic E-state index is 13.8. The highest BCUT2D eigenvalue weighted by atomic mass is 16.6. The fourth-order valence-electron chi connectivity index (χ4n) is 11.8. The lowest BCUT2D eigenvalue weighted by molar-refractivity contribution is -0.248. The van der Waals surface area contributed by atoms with Gasteiger partial charge in [-0.15, -0.1) is 0 Å². The fraction of sp³-hybridized carbons (Fsp3) is 0.879. The van der Waals surface area contributed by atoms with Gasteiger partial charge in [0.1, 0.15) is 0 Å². The quantitative estimate of drug-likeness (QED) is 0.324. The molecule has 0 aliphatic heterocycles. The van der Waals surface area contributed by atoms with Crippen LogP contribution in [0.15, 0.2) is 12.2 Å². The number of ether oxygens (including phenoxy) is 2. The minimum atomic E-state index is -0.525. The molecule has 0 aromatic rings. The average molecular weight is 529 g/mol. The molecule has 5 heteroatoms. The molecule has 5 fully saturated rings. The van der Waals surface area contributed by atoms with Crippen LogP contribution in [-0.2, 0) is 19.1 Å². The molecule has 0 heterocycles. The number of aliphatic hydroxyl groups is 1. The Morgan fingerprint density at radius 3 is 2.24 bits per heavy atom. The summed E-state index contributed by atoms with van der Waals surface area (Å²) in [5, 5.41) is 11.0. The molecule has 0 aromatic carbocycles. The molecule has 5 nitrogen and oxygen atoms in total. The normalized spacial score (nSPS) is 49.1. The second-order valence-electron chi connectivity index (χ2n) is 15.4. The van der Waals surface area contributed by atoms with Gasteiger partial charge in [0, 0.05) is 0 Å². The Kier molecular flexibility index (Phi) is 6.73. The van der Waals surface area contributed by atoms with Crippen LogP contribution >= 0.6 is 0 Å². The summed E-state index contributed by atoms with van der Waals surface area (Å²) in [6, 6.07) is 0. The molecule has 0 aromatic heterocycles. The van der Waals surface area contributed by atoms with E-state index in [0.29, 0.717) is 23.7 Å². The lowest BCUT2D eigenvalue weighted by atomic mass is 9.32. The first kappa shape index (κ1) is 28.2.